The molecule has 0 spiro atoms. The van der Waals surface area contributed by atoms with Gasteiger partial charge in [-0.3, -0.25) is 0 Å². The summed E-state index contributed by atoms with van der Waals surface area (Å²) in [5.41, 5.74) is 3.46. The number of hydrogen-bond donors (Lipinski definition) is 0. The molecule has 0 aliphatic heterocycles. The SMILES string of the molecule is Cc1ccccc1-n1cc(C=CCBr)cn1. The van der Waals surface area contributed by atoms with E-state index in [1.807, 2.05) is 29.2 Å². The Hall–Kier alpha value is -1.35. The molecular weight excluding hydrogens is 264 g/mol. The zero-order valence-electron chi connectivity index (χ0n) is 9.10. The Kier molecular flexibility index (Phi) is 3.57. The van der Waals surface area contributed by atoms with Crippen molar-refractivity contribution in [2.24, 2.45) is 0 Å². The van der Waals surface area contributed by atoms with Crippen LogP contribution in [-0.2, 0) is 0 Å². The number of nitrogens with zero attached hydrogens (tertiary/aromatic N) is 2. The van der Waals surface area contributed by atoms with Crippen LogP contribution in [-0.4, -0.2) is 15.1 Å². The van der Waals surface area contributed by atoms with Gasteiger partial charge in [-0.05, 0) is 18.6 Å². The predicted octanol–water partition coefficient (Wildman–Crippen LogP) is 3.59. The van der Waals surface area contributed by atoms with E-state index in [1.165, 1.54) is 5.56 Å². The van der Waals surface area contributed by atoms with Gasteiger partial charge in [0.05, 0.1) is 11.9 Å². The van der Waals surface area contributed by atoms with Gasteiger partial charge in [0.25, 0.3) is 0 Å². The van der Waals surface area contributed by atoms with Gasteiger partial charge in [-0.1, -0.05) is 46.3 Å². The Labute approximate surface area is 104 Å². The van der Waals surface area contributed by atoms with Crippen molar-refractivity contribution >= 4 is 22.0 Å². The third-order valence-electron chi connectivity index (χ3n) is 2.36. The van der Waals surface area contributed by atoms with Crippen LogP contribution >= 0.6 is 15.9 Å². The van der Waals surface area contributed by atoms with E-state index in [4.69, 9.17) is 0 Å². The first-order valence-corrected chi connectivity index (χ1v) is 6.26. The minimum absolute atomic E-state index is 0.864. The van der Waals surface area contributed by atoms with Crippen LogP contribution in [0.4, 0.5) is 0 Å². The number of rotatable bonds is 3. The average molecular weight is 277 g/mol. The molecule has 0 aliphatic carbocycles. The Balaban J connectivity index is 2.32. The zero-order valence-corrected chi connectivity index (χ0v) is 10.7. The van der Waals surface area contributed by atoms with Gasteiger partial charge in [0.1, 0.15) is 0 Å². The first-order chi connectivity index (χ1) is 7.81. The molecule has 1 aromatic carbocycles. The summed E-state index contributed by atoms with van der Waals surface area (Å²) in [6, 6.07) is 8.22. The van der Waals surface area contributed by atoms with Crippen LogP contribution in [0.1, 0.15) is 11.1 Å². The molecule has 0 amide bonds. The summed E-state index contributed by atoms with van der Waals surface area (Å²) in [6.07, 6.45) is 8.00. The average Bonchev–Trinajstić information content (AvgIpc) is 2.75. The number of allylic oxidation sites excluding steroid dienone is 1. The number of aromatic nitrogens is 2. The summed E-state index contributed by atoms with van der Waals surface area (Å²) in [5.74, 6) is 0. The van der Waals surface area contributed by atoms with Gasteiger partial charge in [0, 0.05) is 17.1 Å². The molecule has 3 heteroatoms. The summed E-state index contributed by atoms with van der Waals surface area (Å²) in [4.78, 5) is 0. The fourth-order valence-corrected chi connectivity index (χ4v) is 1.74. The molecule has 0 atom stereocenters. The number of alkyl halides is 1. The smallest absolute Gasteiger partial charge is 0.0674 e. The molecule has 0 radical (unpaired) electrons. The first kappa shape index (κ1) is 11.1. The molecule has 2 rings (SSSR count). The van der Waals surface area contributed by atoms with E-state index < -0.39 is 0 Å². The van der Waals surface area contributed by atoms with Gasteiger partial charge in [-0.25, -0.2) is 4.68 Å². The van der Waals surface area contributed by atoms with Gasteiger partial charge >= 0.3 is 0 Å². The van der Waals surface area contributed by atoms with Crippen molar-refractivity contribution in [3.63, 3.8) is 0 Å². The minimum Gasteiger partial charge on any atom is -0.240 e. The number of aryl methyl sites for hydroxylation is 1. The zero-order chi connectivity index (χ0) is 11.4. The molecule has 1 heterocycles. The van der Waals surface area contributed by atoms with E-state index in [2.05, 4.69) is 52.2 Å². The molecule has 0 saturated heterocycles. The molecule has 0 aliphatic rings. The van der Waals surface area contributed by atoms with Crippen molar-refractivity contribution in [3.05, 3.63) is 53.9 Å². The van der Waals surface area contributed by atoms with Crippen molar-refractivity contribution in [2.75, 3.05) is 5.33 Å². The van der Waals surface area contributed by atoms with Crippen molar-refractivity contribution in [1.82, 2.24) is 9.78 Å². The summed E-state index contributed by atoms with van der Waals surface area (Å²) in [7, 11) is 0. The maximum atomic E-state index is 4.35. The Morgan fingerprint density at radius 3 is 2.94 bits per heavy atom. The van der Waals surface area contributed by atoms with Crippen molar-refractivity contribution in [2.45, 2.75) is 6.92 Å². The van der Waals surface area contributed by atoms with Crippen LogP contribution < -0.4 is 0 Å². The van der Waals surface area contributed by atoms with Crippen molar-refractivity contribution in [1.29, 1.82) is 0 Å². The van der Waals surface area contributed by atoms with Crippen LogP contribution in [0.25, 0.3) is 11.8 Å². The molecule has 0 unspecified atom stereocenters. The molecular formula is C13H13BrN2. The van der Waals surface area contributed by atoms with Gasteiger partial charge in [0.2, 0.25) is 0 Å². The standard InChI is InChI=1S/C13H13BrN2/c1-11-5-2-3-7-13(11)16-10-12(9-15-16)6-4-8-14/h2-7,9-10H,8H2,1H3. The van der Waals surface area contributed by atoms with Gasteiger partial charge in [-0.2, -0.15) is 5.10 Å². The van der Waals surface area contributed by atoms with E-state index in [1.54, 1.807) is 0 Å². The minimum atomic E-state index is 0.864. The molecule has 2 aromatic rings. The lowest BCUT2D eigenvalue weighted by Gasteiger charge is -2.03. The third-order valence-corrected chi connectivity index (χ3v) is 2.74. The van der Waals surface area contributed by atoms with Crippen molar-refractivity contribution < 1.29 is 0 Å². The maximum absolute atomic E-state index is 4.35. The van der Waals surface area contributed by atoms with Crippen LogP contribution in [0.15, 0.2) is 42.7 Å². The Bertz CT molecular complexity index is 500. The number of halogens is 1. The third kappa shape index (κ3) is 2.42. The second-order valence-electron chi connectivity index (χ2n) is 3.56. The highest BCUT2D eigenvalue weighted by molar-refractivity contribution is 9.09. The number of hydrogen-bond acceptors (Lipinski definition) is 1. The topological polar surface area (TPSA) is 17.8 Å². The molecule has 82 valence electrons. The monoisotopic (exact) mass is 276 g/mol. The fraction of sp³-hybridized carbons (Fsp3) is 0.154. The summed E-state index contributed by atoms with van der Waals surface area (Å²) < 4.78 is 1.91. The Morgan fingerprint density at radius 2 is 2.19 bits per heavy atom. The lowest BCUT2D eigenvalue weighted by molar-refractivity contribution is 0.873. The van der Waals surface area contributed by atoms with E-state index in [0.717, 1.165) is 16.6 Å². The molecule has 1 aromatic heterocycles. The highest BCUT2D eigenvalue weighted by Gasteiger charge is 2.00. The van der Waals surface area contributed by atoms with E-state index in [9.17, 15) is 0 Å². The number of benzene rings is 1. The lowest BCUT2D eigenvalue weighted by atomic mass is 10.2. The molecule has 16 heavy (non-hydrogen) atoms. The van der Waals surface area contributed by atoms with Gasteiger partial charge in [0.15, 0.2) is 0 Å². The summed E-state index contributed by atoms with van der Waals surface area (Å²) in [5, 5.41) is 5.21. The molecule has 0 N–H and O–H groups in total. The van der Waals surface area contributed by atoms with Crippen molar-refractivity contribution in [3.8, 4) is 5.69 Å². The van der Waals surface area contributed by atoms with Crippen LogP contribution in [0, 0.1) is 6.92 Å². The fourth-order valence-electron chi connectivity index (χ4n) is 1.56. The summed E-state index contributed by atoms with van der Waals surface area (Å²) >= 11 is 3.36. The maximum Gasteiger partial charge on any atom is 0.0674 e. The molecule has 0 bridgehead atoms. The summed E-state index contributed by atoms with van der Waals surface area (Å²) in [6.45, 7) is 2.09. The molecule has 2 nitrogen and oxygen atoms in total. The largest absolute Gasteiger partial charge is 0.240 e. The van der Waals surface area contributed by atoms with Crippen LogP contribution in [0.3, 0.4) is 0 Å². The van der Waals surface area contributed by atoms with E-state index in [-0.39, 0.29) is 0 Å². The second kappa shape index (κ2) is 5.12. The van der Waals surface area contributed by atoms with Crippen LogP contribution in [0.2, 0.25) is 0 Å². The normalized spacial score (nSPS) is 11.1. The molecule has 0 fully saturated rings. The number of para-hydroxylation sites is 1. The highest BCUT2D eigenvalue weighted by atomic mass is 79.9. The Morgan fingerprint density at radius 1 is 1.38 bits per heavy atom. The molecule has 0 saturated carbocycles. The van der Waals surface area contributed by atoms with Gasteiger partial charge in [-0.15, -0.1) is 0 Å². The van der Waals surface area contributed by atoms with E-state index >= 15 is 0 Å². The quantitative estimate of drug-likeness (QED) is 0.784. The lowest BCUT2D eigenvalue weighted by Crippen LogP contribution is -1.96. The predicted molar refractivity (Wildman–Crippen MR) is 71.1 cm³/mol. The van der Waals surface area contributed by atoms with Gasteiger partial charge < -0.3 is 0 Å². The first-order valence-electron chi connectivity index (χ1n) is 5.14. The highest BCUT2D eigenvalue weighted by Crippen LogP contribution is 2.13. The second-order valence-corrected chi connectivity index (χ2v) is 4.21. The van der Waals surface area contributed by atoms with E-state index in [0.29, 0.717) is 0 Å². The van der Waals surface area contributed by atoms with Crippen LogP contribution in [0.5, 0.6) is 0 Å².